The van der Waals surface area contributed by atoms with E-state index in [2.05, 4.69) is 24.3 Å². The van der Waals surface area contributed by atoms with Gasteiger partial charge in [-0.25, -0.2) is 0 Å². The maximum Gasteiger partial charge on any atom is 0.0877 e. The average molecular weight is 278 g/mol. The van der Waals surface area contributed by atoms with E-state index in [1.165, 1.54) is 5.56 Å². The van der Waals surface area contributed by atoms with Crippen LogP contribution in [0.2, 0.25) is 0 Å². The molecule has 0 amide bonds. The number of hydrogen-bond acceptors (Lipinski definition) is 1. The molecule has 0 bridgehead atoms. The number of benzene rings is 3. The maximum absolute atomic E-state index is 10.5. The van der Waals surface area contributed by atoms with Gasteiger partial charge >= 0.3 is 0 Å². The molecule has 0 fully saturated rings. The van der Waals surface area contributed by atoms with Gasteiger partial charge in [0.05, 0.1) is 8.15 Å². The van der Waals surface area contributed by atoms with Crippen LogP contribution >= 0.6 is 8.15 Å². The lowest BCUT2D eigenvalue weighted by Gasteiger charge is -2.12. The minimum absolute atomic E-state index is 0.979. The molecular weight excluding hydrogens is 263 g/mol. The highest BCUT2D eigenvalue weighted by Crippen LogP contribution is 2.29. The Balaban J connectivity index is 1.96. The fourth-order valence-electron chi connectivity index (χ4n) is 2.17. The van der Waals surface area contributed by atoms with Crippen molar-refractivity contribution in [3.8, 4) is 11.1 Å². The van der Waals surface area contributed by atoms with Crippen LogP contribution in [0.25, 0.3) is 11.1 Å². The number of rotatable bonds is 3. The lowest BCUT2D eigenvalue weighted by Crippen LogP contribution is -2.10. The molecule has 0 aromatic heterocycles. The van der Waals surface area contributed by atoms with Gasteiger partial charge < -0.3 is 4.89 Å². The van der Waals surface area contributed by atoms with Crippen LogP contribution in [0.1, 0.15) is 0 Å². The van der Waals surface area contributed by atoms with Gasteiger partial charge in [-0.2, -0.15) is 0 Å². The Kier molecular flexibility index (Phi) is 3.92. The first-order valence-electron chi connectivity index (χ1n) is 6.54. The van der Waals surface area contributed by atoms with Gasteiger partial charge in [0.25, 0.3) is 0 Å². The van der Waals surface area contributed by atoms with Crippen molar-refractivity contribution in [1.29, 1.82) is 0 Å². The largest absolute Gasteiger partial charge is 0.364 e. The molecule has 0 spiro atoms. The molecule has 0 radical (unpaired) electrons. The Labute approximate surface area is 120 Å². The van der Waals surface area contributed by atoms with Crippen molar-refractivity contribution in [3.05, 3.63) is 84.9 Å². The molecule has 0 aliphatic carbocycles. The maximum atomic E-state index is 10.5. The van der Waals surface area contributed by atoms with Gasteiger partial charge in [-0.05, 0) is 17.2 Å². The molecule has 3 aromatic carbocycles. The summed E-state index contributed by atoms with van der Waals surface area (Å²) in [5.41, 5.74) is 2.31. The molecule has 1 N–H and O–H groups in total. The van der Waals surface area contributed by atoms with Crippen molar-refractivity contribution >= 4 is 18.8 Å². The highest BCUT2D eigenvalue weighted by Gasteiger charge is 2.10. The fraction of sp³-hybridized carbons (Fsp3) is 0. The van der Waals surface area contributed by atoms with Gasteiger partial charge in [0.15, 0.2) is 0 Å². The summed E-state index contributed by atoms with van der Waals surface area (Å²) >= 11 is 0. The first-order valence-corrected chi connectivity index (χ1v) is 7.83. The predicted octanol–water partition coefficient (Wildman–Crippen LogP) is 3.69. The minimum Gasteiger partial charge on any atom is -0.364 e. The van der Waals surface area contributed by atoms with Crippen LogP contribution in [-0.4, -0.2) is 4.89 Å². The monoisotopic (exact) mass is 278 g/mol. The Morgan fingerprint density at radius 2 is 1.10 bits per heavy atom. The third-order valence-corrected chi connectivity index (χ3v) is 4.75. The molecule has 20 heavy (non-hydrogen) atoms. The molecule has 3 rings (SSSR count). The van der Waals surface area contributed by atoms with Crippen LogP contribution in [0.5, 0.6) is 0 Å². The molecular formula is C18H15OP. The van der Waals surface area contributed by atoms with E-state index in [-0.39, 0.29) is 0 Å². The Morgan fingerprint density at radius 1 is 0.550 bits per heavy atom. The van der Waals surface area contributed by atoms with Crippen LogP contribution in [-0.2, 0) is 0 Å². The van der Waals surface area contributed by atoms with E-state index in [1.807, 2.05) is 60.7 Å². The first kappa shape index (κ1) is 13.1. The van der Waals surface area contributed by atoms with Crippen LogP contribution in [0.15, 0.2) is 84.9 Å². The zero-order valence-corrected chi connectivity index (χ0v) is 11.9. The normalized spacial score (nSPS) is 12.1. The van der Waals surface area contributed by atoms with Gasteiger partial charge in [0.1, 0.15) is 0 Å². The molecule has 0 saturated heterocycles. The van der Waals surface area contributed by atoms with Crippen LogP contribution in [0, 0.1) is 0 Å². The zero-order chi connectivity index (χ0) is 13.8. The average Bonchev–Trinajstić information content (AvgIpc) is 2.56. The second-order valence-electron chi connectivity index (χ2n) is 4.56. The third-order valence-electron chi connectivity index (χ3n) is 3.20. The van der Waals surface area contributed by atoms with E-state index in [9.17, 15) is 4.89 Å². The van der Waals surface area contributed by atoms with Gasteiger partial charge in [0.2, 0.25) is 0 Å². The lowest BCUT2D eigenvalue weighted by atomic mass is 10.1. The second kappa shape index (κ2) is 6.00. The van der Waals surface area contributed by atoms with Crippen molar-refractivity contribution in [3.63, 3.8) is 0 Å². The minimum atomic E-state index is -1.28. The Hall–Kier alpha value is -1.95. The summed E-state index contributed by atoms with van der Waals surface area (Å²) in [6.07, 6.45) is 0. The van der Waals surface area contributed by atoms with E-state index >= 15 is 0 Å². The van der Waals surface area contributed by atoms with Gasteiger partial charge in [0, 0.05) is 10.6 Å². The highest BCUT2D eigenvalue weighted by molar-refractivity contribution is 7.67. The first-order chi connectivity index (χ1) is 9.84. The highest BCUT2D eigenvalue weighted by atomic mass is 31.1. The van der Waals surface area contributed by atoms with Crippen molar-refractivity contribution < 1.29 is 4.89 Å². The van der Waals surface area contributed by atoms with Crippen molar-refractivity contribution in [2.24, 2.45) is 0 Å². The summed E-state index contributed by atoms with van der Waals surface area (Å²) < 4.78 is 0. The fourth-order valence-corrected chi connectivity index (χ4v) is 3.41. The van der Waals surface area contributed by atoms with E-state index in [0.29, 0.717) is 0 Å². The molecule has 1 atom stereocenters. The van der Waals surface area contributed by atoms with E-state index in [1.54, 1.807) is 0 Å². The van der Waals surface area contributed by atoms with Crippen LogP contribution in [0.4, 0.5) is 0 Å². The molecule has 2 heteroatoms. The van der Waals surface area contributed by atoms with E-state index in [0.717, 1.165) is 16.2 Å². The summed E-state index contributed by atoms with van der Waals surface area (Å²) in [6.45, 7) is 0. The molecule has 0 saturated carbocycles. The molecule has 0 aliphatic heterocycles. The standard InChI is InChI=1S/C18H15OP/c19-20(17-11-5-2-6-12-17)18-13-7-10-16(14-18)15-8-3-1-4-9-15/h1-14,19H. The molecule has 1 unspecified atom stereocenters. The molecule has 0 heterocycles. The van der Waals surface area contributed by atoms with E-state index < -0.39 is 8.15 Å². The summed E-state index contributed by atoms with van der Waals surface area (Å²) in [5, 5.41) is 1.96. The van der Waals surface area contributed by atoms with E-state index in [4.69, 9.17) is 0 Å². The Bertz CT molecular complexity index is 680. The summed E-state index contributed by atoms with van der Waals surface area (Å²) in [4.78, 5) is 10.5. The third kappa shape index (κ3) is 2.80. The number of hydrogen-bond donors (Lipinski definition) is 1. The molecule has 98 valence electrons. The summed E-state index contributed by atoms with van der Waals surface area (Å²) in [7, 11) is -1.28. The van der Waals surface area contributed by atoms with Crippen LogP contribution in [0.3, 0.4) is 0 Å². The smallest absolute Gasteiger partial charge is 0.0877 e. The zero-order valence-electron chi connectivity index (χ0n) is 11.0. The van der Waals surface area contributed by atoms with Crippen LogP contribution < -0.4 is 10.6 Å². The summed E-state index contributed by atoms with van der Waals surface area (Å²) in [6, 6.07) is 28.2. The van der Waals surface area contributed by atoms with Crippen molar-refractivity contribution in [1.82, 2.24) is 0 Å². The topological polar surface area (TPSA) is 20.2 Å². The van der Waals surface area contributed by atoms with Gasteiger partial charge in [-0.3, -0.25) is 0 Å². The molecule has 0 aliphatic rings. The second-order valence-corrected chi connectivity index (χ2v) is 6.22. The van der Waals surface area contributed by atoms with Crippen molar-refractivity contribution in [2.75, 3.05) is 0 Å². The van der Waals surface area contributed by atoms with Crippen molar-refractivity contribution in [2.45, 2.75) is 0 Å². The van der Waals surface area contributed by atoms with Gasteiger partial charge in [-0.1, -0.05) is 78.9 Å². The Morgan fingerprint density at radius 3 is 1.80 bits per heavy atom. The predicted molar refractivity (Wildman–Crippen MR) is 86.7 cm³/mol. The summed E-state index contributed by atoms with van der Waals surface area (Å²) in [5.74, 6) is 0. The molecule has 3 aromatic rings. The lowest BCUT2D eigenvalue weighted by molar-refractivity contribution is 0.644. The molecule has 1 nitrogen and oxygen atoms in total. The van der Waals surface area contributed by atoms with Gasteiger partial charge in [-0.15, -0.1) is 0 Å². The SMILES string of the molecule is OP(c1ccccc1)c1cccc(-c2ccccc2)c1. The quantitative estimate of drug-likeness (QED) is 0.724.